The monoisotopic (exact) mass is 385 g/mol. The molecule has 0 saturated heterocycles. The lowest BCUT2D eigenvalue weighted by atomic mass is 10.1. The first-order valence-corrected chi connectivity index (χ1v) is 9.16. The molecule has 0 aliphatic heterocycles. The summed E-state index contributed by atoms with van der Waals surface area (Å²) in [7, 11) is 0. The molecule has 6 heteroatoms. The third-order valence-electron chi connectivity index (χ3n) is 4.66. The number of amides is 2. The number of aromatic nitrogens is 1. The molecule has 144 valence electrons. The summed E-state index contributed by atoms with van der Waals surface area (Å²) in [5.41, 5.74) is 3.77. The molecule has 29 heavy (non-hydrogen) atoms. The number of rotatable bonds is 3. The Labute approximate surface area is 167 Å². The predicted octanol–water partition coefficient (Wildman–Crippen LogP) is 5.12. The molecule has 0 aliphatic carbocycles. The van der Waals surface area contributed by atoms with E-state index in [1.807, 2.05) is 32.0 Å². The Balaban J connectivity index is 1.67. The zero-order valence-electron chi connectivity index (χ0n) is 16.0. The molecule has 0 bridgehead atoms. The fourth-order valence-electron chi connectivity index (χ4n) is 3.19. The molecule has 0 spiro atoms. The first-order valence-electron chi connectivity index (χ1n) is 9.16. The minimum atomic E-state index is -0.472. The van der Waals surface area contributed by atoms with Crippen molar-refractivity contribution in [3.05, 3.63) is 88.3 Å². The summed E-state index contributed by atoms with van der Waals surface area (Å²) in [5, 5.41) is 6.12. The van der Waals surface area contributed by atoms with Crippen molar-refractivity contribution in [3.63, 3.8) is 0 Å². The number of nitrogens with one attached hydrogen (secondary N) is 2. The number of hydrogen-bond donors (Lipinski definition) is 2. The zero-order chi connectivity index (χ0) is 20.4. The van der Waals surface area contributed by atoms with Crippen LogP contribution in [0.15, 0.2) is 75.9 Å². The molecule has 1 heterocycles. The number of urea groups is 1. The van der Waals surface area contributed by atoms with Crippen LogP contribution in [0.5, 0.6) is 0 Å². The van der Waals surface area contributed by atoms with E-state index in [0.717, 1.165) is 16.8 Å². The molecule has 1 aromatic heterocycles. The summed E-state index contributed by atoms with van der Waals surface area (Å²) in [6, 6.07) is 19.5. The van der Waals surface area contributed by atoms with Crippen molar-refractivity contribution in [2.75, 3.05) is 10.6 Å². The Bertz CT molecular complexity index is 1260. The van der Waals surface area contributed by atoms with Crippen LogP contribution < -0.4 is 16.3 Å². The number of carbonyl (C=O) groups is 1. The van der Waals surface area contributed by atoms with Crippen molar-refractivity contribution in [1.82, 2.24) is 4.98 Å². The molecule has 0 saturated carbocycles. The van der Waals surface area contributed by atoms with Gasteiger partial charge in [-0.2, -0.15) is 0 Å². The highest BCUT2D eigenvalue weighted by Gasteiger charge is 2.14. The first-order chi connectivity index (χ1) is 14.0. The number of aryl methyl sites for hydroxylation is 2. The van der Waals surface area contributed by atoms with Gasteiger partial charge >= 0.3 is 11.7 Å². The first kappa shape index (κ1) is 18.4. The van der Waals surface area contributed by atoms with Gasteiger partial charge in [0.25, 0.3) is 0 Å². The summed E-state index contributed by atoms with van der Waals surface area (Å²) < 4.78 is 5.42. The highest BCUT2D eigenvalue weighted by molar-refractivity contribution is 6.02. The Hall–Kier alpha value is -3.93. The van der Waals surface area contributed by atoms with E-state index >= 15 is 0 Å². The number of carbonyl (C=O) groups excluding carboxylic acids is 1. The van der Waals surface area contributed by atoms with Crippen LogP contribution in [0.2, 0.25) is 0 Å². The Kier molecular flexibility index (Phi) is 4.83. The van der Waals surface area contributed by atoms with Crippen LogP contribution >= 0.6 is 0 Å². The standard InChI is InChI=1S/C23H19N3O3/c1-14-8-7-9-15(2)20(14)26-23(28)25-18-12-5-3-10-16(18)21-24-19-13-6-4-11-17(19)22(27)29-21/h3-13H,1-2H3,(H2,25,26,28). The van der Waals surface area contributed by atoms with Gasteiger partial charge in [-0.25, -0.2) is 14.6 Å². The van der Waals surface area contributed by atoms with Crippen LogP contribution in [0, 0.1) is 13.8 Å². The van der Waals surface area contributed by atoms with Crippen molar-refractivity contribution >= 4 is 28.3 Å². The topological polar surface area (TPSA) is 84.2 Å². The maximum absolute atomic E-state index is 12.6. The van der Waals surface area contributed by atoms with E-state index in [-0.39, 0.29) is 5.89 Å². The number of benzene rings is 3. The Morgan fingerprint density at radius 2 is 1.55 bits per heavy atom. The van der Waals surface area contributed by atoms with E-state index in [1.165, 1.54) is 0 Å². The molecular formula is C23H19N3O3. The van der Waals surface area contributed by atoms with Crippen molar-refractivity contribution in [1.29, 1.82) is 0 Å². The average molecular weight is 385 g/mol. The molecule has 0 fully saturated rings. The number of anilines is 2. The van der Waals surface area contributed by atoms with E-state index in [9.17, 15) is 9.59 Å². The molecule has 0 atom stereocenters. The van der Waals surface area contributed by atoms with Gasteiger partial charge in [0.1, 0.15) is 0 Å². The number of fused-ring (bicyclic) bond motifs is 1. The lowest BCUT2D eigenvalue weighted by Crippen LogP contribution is -2.21. The molecule has 2 amide bonds. The predicted molar refractivity (Wildman–Crippen MR) is 114 cm³/mol. The fraction of sp³-hybridized carbons (Fsp3) is 0.0870. The second kappa shape index (κ2) is 7.59. The lowest BCUT2D eigenvalue weighted by molar-refractivity contribution is 0.262. The maximum Gasteiger partial charge on any atom is 0.347 e. The summed E-state index contributed by atoms with van der Waals surface area (Å²) in [6.45, 7) is 3.87. The van der Waals surface area contributed by atoms with Crippen molar-refractivity contribution < 1.29 is 9.21 Å². The SMILES string of the molecule is Cc1cccc(C)c1NC(=O)Nc1ccccc1-c1nc2ccccc2c(=O)o1. The minimum Gasteiger partial charge on any atom is -0.403 e. The van der Waals surface area contributed by atoms with Crippen LogP contribution in [-0.4, -0.2) is 11.0 Å². The molecule has 0 radical (unpaired) electrons. The molecule has 4 aromatic rings. The zero-order valence-corrected chi connectivity index (χ0v) is 16.0. The second-order valence-electron chi connectivity index (χ2n) is 6.72. The molecular weight excluding hydrogens is 366 g/mol. The normalized spacial score (nSPS) is 10.7. The smallest absolute Gasteiger partial charge is 0.347 e. The van der Waals surface area contributed by atoms with Gasteiger partial charge in [-0.15, -0.1) is 0 Å². The van der Waals surface area contributed by atoms with E-state index in [0.29, 0.717) is 22.2 Å². The molecule has 2 N–H and O–H groups in total. The van der Waals surface area contributed by atoms with Gasteiger partial charge in [0, 0.05) is 5.69 Å². The van der Waals surface area contributed by atoms with Gasteiger partial charge in [-0.1, -0.05) is 42.5 Å². The third kappa shape index (κ3) is 3.73. The molecule has 6 nitrogen and oxygen atoms in total. The molecule has 0 unspecified atom stereocenters. The fourth-order valence-corrected chi connectivity index (χ4v) is 3.19. The highest BCUT2D eigenvalue weighted by Crippen LogP contribution is 2.27. The van der Waals surface area contributed by atoms with Gasteiger partial charge in [-0.3, -0.25) is 0 Å². The average Bonchev–Trinajstić information content (AvgIpc) is 2.71. The van der Waals surface area contributed by atoms with E-state index in [4.69, 9.17) is 4.42 Å². The third-order valence-corrected chi connectivity index (χ3v) is 4.66. The van der Waals surface area contributed by atoms with Crippen LogP contribution in [-0.2, 0) is 0 Å². The van der Waals surface area contributed by atoms with Crippen molar-refractivity contribution in [2.45, 2.75) is 13.8 Å². The van der Waals surface area contributed by atoms with Gasteiger partial charge in [0.15, 0.2) is 0 Å². The summed E-state index contributed by atoms with van der Waals surface area (Å²) in [6.07, 6.45) is 0. The Morgan fingerprint density at radius 1 is 0.862 bits per heavy atom. The van der Waals surface area contributed by atoms with Gasteiger partial charge in [-0.05, 0) is 49.2 Å². The number of nitrogens with zero attached hydrogens (tertiary/aromatic N) is 1. The Morgan fingerprint density at radius 3 is 2.34 bits per heavy atom. The van der Waals surface area contributed by atoms with E-state index in [1.54, 1.807) is 48.5 Å². The van der Waals surface area contributed by atoms with Gasteiger partial charge in [0.2, 0.25) is 5.89 Å². The van der Waals surface area contributed by atoms with Crippen molar-refractivity contribution in [2.24, 2.45) is 0 Å². The van der Waals surface area contributed by atoms with Crippen LogP contribution in [0.1, 0.15) is 11.1 Å². The summed E-state index contributed by atoms with van der Waals surface area (Å²) in [5.74, 6) is 0.150. The van der Waals surface area contributed by atoms with Crippen molar-refractivity contribution in [3.8, 4) is 11.5 Å². The van der Waals surface area contributed by atoms with E-state index in [2.05, 4.69) is 15.6 Å². The second-order valence-corrected chi connectivity index (χ2v) is 6.72. The van der Waals surface area contributed by atoms with E-state index < -0.39 is 11.7 Å². The van der Waals surface area contributed by atoms with Gasteiger partial charge < -0.3 is 15.1 Å². The molecule has 4 rings (SSSR count). The van der Waals surface area contributed by atoms with Crippen LogP contribution in [0.25, 0.3) is 22.4 Å². The van der Waals surface area contributed by atoms with Crippen LogP contribution in [0.3, 0.4) is 0 Å². The van der Waals surface area contributed by atoms with Gasteiger partial charge in [0.05, 0.1) is 22.2 Å². The largest absolute Gasteiger partial charge is 0.403 e. The lowest BCUT2D eigenvalue weighted by Gasteiger charge is -2.14. The quantitative estimate of drug-likeness (QED) is 0.513. The van der Waals surface area contributed by atoms with Crippen LogP contribution in [0.4, 0.5) is 16.2 Å². The molecule has 3 aromatic carbocycles. The summed E-state index contributed by atoms with van der Waals surface area (Å²) in [4.78, 5) is 29.4. The highest BCUT2D eigenvalue weighted by atomic mass is 16.4. The summed E-state index contributed by atoms with van der Waals surface area (Å²) >= 11 is 0. The maximum atomic E-state index is 12.6. The number of para-hydroxylation sites is 3. The minimum absolute atomic E-state index is 0.150. The number of hydrogen-bond acceptors (Lipinski definition) is 4. The molecule has 0 aliphatic rings.